The molecule has 1 aliphatic rings. The summed E-state index contributed by atoms with van der Waals surface area (Å²) in [5.41, 5.74) is 0. The number of aliphatic imine (C=N–C) groups is 1. The summed E-state index contributed by atoms with van der Waals surface area (Å²) in [6, 6.07) is 0.726. The van der Waals surface area contributed by atoms with Crippen LogP contribution in [0.15, 0.2) is 4.99 Å². The zero-order valence-corrected chi connectivity index (χ0v) is 10.6. The van der Waals surface area contributed by atoms with E-state index in [4.69, 9.17) is 0 Å². The predicted octanol–water partition coefficient (Wildman–Crippen LogP) is 1.22. The molecule has 0 amide bonds. The summed E-state index contributed by atoms with van der Waals surface area (Å²) in [5, 5.41) is 4.32. The first-order valence-corrected chi connectivity index (χ1v) is 7.60. The molecule has 0 aliphatic carbocycles. The summed E-state index contributed by atoms with van der Waals surface area (Å²) >= 11 is 1.77. The number of nitrogens with one attached hydrogen (secondary N) is 1. The molecule has 82 valence electrons. The van der Waals surface area contributed by atoms with Gasteiger partial charge < -0.3 is 5.32 Å². The summed E-state index contributed by atoms with van der Waals surface area (Å²) in [5.74, 6) is 1.77. The van der Waals surface area contributed by atoms with Crippen molar-refractivity contribution >= 4 is 27.7 Å². The summed E-state index contributed by atoms with van der Waals surface area (Å²) in [4.78, 5) is 4.52. The van der Waals surface area contributed by atoms with E-state index in [0.29, 0.717) is 11.8 Å². The summed E-state index contributed by atoms with van der Waals surface area (Å²) in [6.07, 6.45) is 2.84. The zero-order valence-electron chi connectivity index (χ0n) is 8.95. The fraction of sp³-hybridized carbons (Fsp3) is 0.889. The van der Waals surface area contributed by atoms with E-state index in [1.165, 1.54) is 0 Å². The number of rotatable bonds is 4. The molecule has 14 heavy (non-hydrogen) atoms. The van der Waals surface area contributed by atoms with Gasteiger partial charge in [0.05, 0.1) is 6.04 Å². The standard InChI is InChI=1S/C9H18N2OS2/c1-4-8-5-13-9(11-8)10-7(2)6-14(3)12/h7-8H,4-6H2,1-3H3,(H,10,11). The van der Waals surface area contributed by atoms with Gasteiger partial charge in [-0.3, -0.25) is 9.20 Å². The Hall–Kier alpha value is -0.0300. The highest BCUT2D eigenvalue weighted by Gasteiger charge is 2.17. The first-order chi connectivity index (χ1) is 6.61. The lowest BCUT2D eigenvalue weighted by molar-refractivity contribution is 0.670. The van der Waals surface area contributed by atoms with Crippen molar-refractivity contribution in [1.82, 2.24) is 5.32 Å². The van der Waals surface area contributed by atoms with E-state index >= 15 is 0 Å². The van der Waals surface area contributed by atoms with Gasteiger partial charge in [-0.15, -0.1) is 0 Å². The van der Waals surface area contributed by atoms with Crippen molar-refractivity contribution in [1.29, 1.82) is 0 Å². The van der Waals surface area contributed by atoms with Crippen LogP contribution in [0.3, 0.4) is 0 Å². The molecule has 0 aromatic carbocycles. The van der Waals surface area contributed by atoms with Gasteiger partial charge >= 0.3 is 0 Å². The quantitative estimate of drug-likeness (QED) is 0.795. The highest BCUT2D eigenvalue weighted by molar-refractivity contribution is 8.14. The molecule has 1 N–H and O–H groups in total. The SMILES string of the molecule is CCC1CSC(NC(C)CS(C)=O)=N1. The largest absolute Gasteiger partial charge is 0.362 e. The lowest BCUT2D eigenvalue weighted by Crippen LogP contribution is -2.34. The molecular formula is C9H18N2OS2. The molecule has 3 unspecified atom stereocenters. The maximum Gasteiger partial charge on any atom is 0.157 e. The van der Waals surface area contributed by atoms with E-state index in [2.05, 4.69) is 17.2 Å². The number of amidine groups is 1. The van der Waals surface area contributed by atoms with Crippen molar-refractivity contribution in [2.75, 3.05) is 17.8 Å². The van der Waals surface area contributed by atoms with E-state index in [9.17, 15) is 4.21 Å². The summed E-state index contributed by atoms with van der Waals surface area (Å²) < 4.78 is 11.0. The van der Waals surface area contributed by atoms with Crippen LogP contribution in [0.25, 0.3) is 0 Å². The Morgan fingerprint density at radius 1 is 1.79 bits per heavy atom. The average Bonchev–Trinajstić information content (AvgIpc) is 2.50. The lowest BCUT2D eigenvalue weighted by atomic mass is 10.3. The Labute approximate surface area is 92.6 Å². The molecule has 0 fully saturated rings. The van der Waals surface area contributed by atoms with Crippen molar-refractivity contribution in [2.45, 2.75) is 32.4 Å². The molecule has 0 saturated carbocycles. The van der Waals surface area contributed by atoms with Crippen LogP contribution < -0.4 is 5.32 Å². The van der Waals surface area contributed by atoms with Crippen LogP contribution in [-0.4, -0.2) is 39.2 Å². The van der Waals surface area contributed by atoms with E-state index in [-0.39, 0.29) is 6.04 Å². The van der Waals surface area contributed by atoms with E-state index in [0.717, 1.165) is 17.3 Å². The van der Waals surface area contributed by atoms with Crippen LogP contribution in [0.4, 0.5) is 0 Å². The third-order valence-electron chi connectivity index (χ3n) is 2.04. The van der Waals surface area contributed by atoms with Crippen LogP contribution in [0.5, 0.6) is 0 Å². The fourth-order valence-corrected chi connectivity index (χ4v) is 3.26. The third-order valence-corrected chi connectivity index (χ3v) is 4.06. The second-order valence-corrected chi connectivity index (χ2v) is 6.08. The molecular weight excluding hydrogens is 216 g/mol. The first kappa shape index (κ1) is 12.0. The second kappa shape index (κ2) is 5.75. The lowest BCUT2D eigenvalue weighted by Gasteiger charge is -2.12. The van der Waals surface area contributed by atoms with Gasteiger partial charge in [-0.1, -0.05) is 18.7 Å². The van der Waals surface area contributed by atoms with Gasteiger partial charge in [-0.05, 0) is 13.3 Å². The van der Waals surface area contributed by atoms with Gasteiger partial charge in [0, 0.05) is 34.6 Å². The normalized spacial score (nSPS) is 25.6. The average molecular weight is 234 g/mol. The predicted molar refractivity (Wildman–Crippen MR) is 65.5 cm³/mol. The molecule has 0 radical (unpaired) electrons. The van der Waals surface area contributed by atoms with Gasteiger partial charge in [-0.2, -0.15) is 0 Å². The molecule has 3 atom stereocenters. The van der Waals surface area contributed by atoms with Crippen molar-refractivity contribution in [3.05, 3.63) is 0 Å². The molecule has 0 saturated heterocycles. The molecule has 3 nitrogen and oxygen atoms in total. The first-order valence-electron chi connectivity index (χ1n) is 4.89. The maximum absolute atomic E-state index is 11.0. The summed E-state index contributed by atoms with van der Waals surface area (Å²) in [7, 11) is -0.733. The fourth-order valence-electron chi connectivity index (χ4n) is 1.31. The monoisotopic (exact) mass is 234 g/mol. The minimum Gasteiger partial charge on any atom is -0.362 e. The minimum absolute atomic E-state index is 0.252. The van der Waals surface area contributed by atoms with Crippen molar-refractivity contribution in [2.24, 2.45) is 4.99 Å². The molecule has 1 heterocycles. The molecule has 1 rings (SSSR count). The second-order valence-electron chi connectivity index (χ2n) is 3.59. The molecule has 5 heteroatoms. The van der Waals surface area contributed by atoms with Gasteiger partial charge in [-0.25, -0.2) is 0 Å². The van der Waals surface area contributed by atoms with Crippen molar-refractivity contribution in [3.63, 3.8) is 0 Å². The van der Waals surface area contributed by atoms with Gasteiger partial charge in [0.25, 0.3) is 0 Å². The topological polar surface area (TPSA) is 41.5 Å². The van der Waals surface area contributed by atoms with Crippen LogP contribution in [-0.2, 0) is 10.8 Å². The van der Waals surface area contributed by atoms with Gasteiger partial charge in [0.2, 0.25) is 0 Å². The number of thioether (sulfide) groups is 1. The Morgan fingerprint density at radius 3 is 3.00 bits per heavy atom. The minimum atomic E-state index is -0.733. The van der Waals surface area contributed by atoms with Crippen molar-refractivity contribution in [3.8, 4) is 0 Å². The molecule has 1 aliphatic heterocycles. The van der Waals surface area contributed by atoms with Crippen LogP contribution in [0.2, 0.25) is 0 Å². The van der Waals surface area contributed by atoms with Crippen LogP contribution >= 0.6 is 11.8 Å². The highest BCUT2D eigenvalue weighted by Crippen LogP contribution is 2.18. The Bertz CT molecular complexity index is 243. The Kier molecular flexibility index (Phi) is 4.95. The van der Waals surface area contributed by atoms with Gasteiger partial charge in [0.15, 0.2) is 5.17 Å². The number of hydrogen-bond donors (Lipinski definition) is 1. The maximum atomic E-state index is 11.0. The third kappa shape index (κ3) is 4.00. The van der Waals surface area contributed by atoms with E-state index in [1.54, 1.807) is 18.0 Å². The zero-order chi connectivity index (χ0) is 10.6. The summed E-state index contributed by atoms with van der Waals surface area (Å²) in [6.45, 7) is 4.20. The van der Waals surface area contributed by atoms with E-state index in [1.807, 2.05) is 6.92 Å². The van der Waals surface area contributed by atoms with Crippen molar-refractivity contribution < 1.29 is 4.21 Å². The smallest absolute Gasteiger partial charge is 0.157 e. The Balaban J connectivity index is 2.34. The van der Waals surface area contributed by atoms with E-state index < -0.39 is 10.8 Å². The van der Waals surface area contributed by atoms with Crippen LogP contribution in [0, 0.1) is 0 Å². The number of hydrogen-bond acceptors (Lipinski definition) is 4. The molecule has 0 spiro atoms. The Morgan fingerprint density at radius 2 is 2.50 bits per heavy atom. The molecule has 0 aromatic rings. The highest BCUT2D eigenvalue weighted by atomic mass is 32.2. The molecule has 0 bridgehead atoms. The molecule has 0 aromatic heterocycles. The number of nitrogens with zero attached hydrogens (tertiary/aromatic N) is 1. The van der Waals surface area contributed by atoms with Crippen LogP contribution in [0.1, 0.15) is 20.3 Å². The van der Waals surface area contributed by atoms with Gasteiger partial charge in [0.1, 0.15) is 0 Å².